The van der Waals surface area contributed by atoms with Gasteiger partial charge in [0, 0.05) is 36.1 Å². The van der Waals surface area contributed by atoms with E-state index in [0.29, 0.717) is 41.5 Å². The molecule has 5 nitrogen and oxygen atoms in total. The van der Waals surface area contributed by atoms with Gasteiger partial charge in [0.25, 0.3) is 5.91 Å². The third kappa shape index (κ3) is 3.67. The van der Waals surface area contributed by atoms with E-state index >= 15 is 0 Å². The van der Waals surface area contributed by atoms with E-state index in [2.05, 4.69) is 4.98 Å². The standard InChI is InChI=1S/C18H20ClN3O2/c19-14-9-13-4-1-7-21-17(13)15(10-14)18(24)22-8-2-3-12(11-22)5-6-16(20)23/h1,4,7,9-10,12H,2-3,5-6,8,11H2,(H2,20,23). The van der Waals surface area contributed by atoms with Crippen molar-refractivity contribution < 1.29 is 9.59 Å². The molecule has 0 spiro atoms. The number of rotatable bonds is 4. The second-order valence-electron chi connectivity index (χ2n) is 6.29. The van der Waals surface area contributed by atoms with E-state index in [0.717, 1.165) is 24.6 Å². The summed E-state index contributed by atoms with van der Waals surface area (Å²) in [5.41, 5.74) is 6.44. The highest BCUT2D eigenvalue weighted by molar-refractivity contribution is 6.32. The number of fused-ring (bicyclic) bond motifs is 1. The molecule has 0 saturated carbocycles. The number of aromatic nitrogens is 1. The number of amides is 2. The number of nitrogens with zero attached hydrogens (tertiary/aromatic N) is 2. The SMILES string of the molecule is NC(=O)CCC1CCCN(C(=O)c2cc(Cl)cc3cccnc23)C1. The fourth-order valence-corrected chi connectivity index (χ4v) is 3.55. The summed E-state index contributed by atoms with van der Waals surface area (Å²) < 4.78 is 0. The number of carbonyl (C=O) groups is 2. The quantitative estimate of drug-likeness (QED) is 0.925. The zero-order chi connectivity index (χ0) is 17.1. The first-order chi connectivity index (χ1) is 11.5. The number of halogens is 1. The van der Waals surface area contributed by atoms with Gasteiger partial charge in [-0.3, -0.25) is 14.6 Å². The zero-order valence-corrected chi connectivity index (χ0v) is 14.1. The van der Waals surface area contributed by atoms with E-state index in [1.54, 1.807) is 12.3 Å². The van der Waals surface area contributed by atoms with Gasteiger partial charge in [-0.15, -0.1) is 0 Å². The molecule has 1 atom stereocenters. The van der Waals surface area contributed by atoms with Crippen molar-refractivity contribution >= 4 is 34.3 Å². The topological polar surface area (TPSA) is 76.3 Å². The number of benzene rings is 1. The van der Waals surface area contributed by atoms with Gasteiger partial charge >= 0.3 is 0 Å². The molecule has 1 saturated heterocycles. The van der Waals surface area contributed by atoms with Crippen LogP contribution in [0, 0.1) is 5.92 Å². The average molecular weight is 346 g/mol. The maximum absolute atomic E-state index is 13.0. The van der Waals surface area contributed by atoms with Crippen molar-refractivity contribution in [3.63, 3.8) is 0 Å². The third-order valence-corrected chi connectivity index (χ3v) is 4.72. The fraction of sp³-hybridized carbons (Fsp3) is 0.389. The Morgan fingerprint density at radius 1 is 1.38 bits per heavy atom. The fourth-order valence-electron chi connectivity index (χ4n) is 3.32. The Hall–Kier alpha value is -2.14. The number of pyridine rings is 1. The Kier molecular flexibility index (Phi) is 5.00. The molecule has 24 heavy (non-hydrogen) atoms. The molecule has 1 unspecified atom stereocenters. The number of hydrogen-bond acceptors (Lipinski definition) is 3. The Morgan fingerprint density at radius 2 is 2.21 bits per heavy atom. The molecule has 2 heterocycles. The molecule has 126 valence electrons. The summed E-state index contributed by atoms with van der Waals surface area (Å²) >= 11 is 6.17. The van der Waals surface area contributed by atoms with Crippen molar-refractivity contribution in [2.24, 2.45) is 11.7 Å². The molecule has 2 aromatic rings. The van der Waals surface area contributed by atoms with Crippen LogP contribution < -0.4 is 5.73 Å². The van der Waals surface area contributed by atoms with Crippen molar-refractivity contribution in [3.8, 4) is 0 Å². The van der Waals surface area contributed by atoms with Crippen LogP contribution in [0.3, 0.4) is 0 Å². The lowest BCUT2D eigenvalue weighted by molar-refractivity contribution is -0.118. The van der Waals surface area contributed by atoms with Gasteiger partial charge in [-0.05, 0) is 43.4 Å². The Morgan fingerprint density at radius 3 is 3.00 bits per heavy atom. The summed E-state index contributed by atoms with van der Waals surface area (Å²) in [5.74, 6) is -0.0259. The van der Waals surface area contributed by atoms with Gasteiger partial charge in [0.05, 0.1) is 11.1 Å². The van der Waals surface area contributed by atoms with Crippen LogP contribution >= 0.6 is 11.6 Å². The lowest BCUT2D eigenvalue weighted by atomic mass is 9.92. The molecule has 1 aromatic carbocycles. The summed E-state index contributed by atoms with van der Waals surface area (Å²) in [6, 6.07) is 7.23. The molecule has 1 aromatic heterocycles. The number of carbonyl (C=O) groups excluding carboxylic acids is 2. The molecule has 1 aliphatic heterocycles. The molecular formula is C18H20ClN3O2. The molecule has 0 aliphatic carbocycles. The normalized spacial score (nSPS) is 17.9. The Bertz CT molecular complexity index is 778. The highest BCUT2D eigenvalue weighted by atomic mass is 35.5. The zero-order valence-electron chi connectivity index (χ0n) is 13.4. The maximum atomic E-state index is 13.0. The summed E-state index contributed by atoms with van der Waals surface area (Å²) in [4.78, 5) is 30.2. The van der Waals surface area contributed by atoms with E-state index in [4.69, 9.17) is 17.3 Å². The minimum Gasteiger partial charge on any atom is -0.370 e. The van der Waals surface area contributed by atoms with Gasteiger partial charge in [-0.2, -0.15) is 0 Å². The molecule has 6 heteroatoms. The maximum Gasteiger partial charge on any atom is 0.256 e. The van der Waals surface area contributed by atoms with Crippen LogP contribution in [-0.4, -0.2) is 34.8 Å². The minimum absolute atomic E-state index is 0.0509. The van der Waals surface area contributed by atoms with Gasteiger partial charge in [-0.25, -0.2) is 0 Å². The van der Waals surface area contributed by atoms with Crippen molar-refractivity contribution in [1.82, 2.24) is 9.88 Å². The number of likely N-dealkylation sites (tertiary alicyclic amines) is 1. The van der Waals surface area contributed by atoms with Gasteiger partial charge in [-0.1, -0.05) is 17.7 Å². The predicted molar refractivity (Wildman–Crippen MR) is 93.8 cm³/mol. The summed E-state index contributed by atoms with van der Waals surface area (Å²) in [7, 11) is 0. The van der Waals surface area contributed by atoms with Crippen molar-refractivity contribution in [2.75, 3.05) is 13.1 Å². The number of primary amides is 1. The Balaban J connectivity index is 1.82. The highest BCUT2D eigenvalue weighted by Crippen LogP contribution is 2.26. The van der Waals surface area contributed by atoms with Crippen molar-refractivity contribution in [3.05, 3.63) is 41.0 Å². The van der Waals surface area contributed by atoms with E-state index in [-0.39, 0.29) is 11.8 Å². The van der Waals surface area contributed by atoms with Crippen molar-refractivity contribution in [1.29, 1.82) is 0 Å². The largest absolute Gasteiger partial charge is 0.370 e. The van der Waals surface area contributed by atoms with Gasteiger partial charge in [0.1, 0.15) is 0 Å². The van der Waals surface area contributed by atoms with Gasteiger partial charge in [0.15, 0.2) is 0 Å². The van der Waals surface area contributed by atoms with Crippen molar-refractivity contribution in [2.45, 2.75) is 25.7 Å². The summed E-state index contributed by atoms with van der Waals surface area (Å²) in [6.45, 7) is 1.36. The molecular weight excluding hydrogens is 326 g/mol. The highest BCUT2D eigenvalue weighted by Gasteiger charge is 2.26. The van der Waals surface area contributed by atoms with E-state index in [1.165, 1.54) is 0 Å². The van der Waals surface area contributed by atoms with Crippen LogP contribution in [0.1, 0.15) is 36.0 Å². The minimum atomic E-state index is -0.288. The first-order valence-corrected chi connectivity index (χ1v) is 8.54. The molecule has 0 bridgehead atoms. The van der Waals surface area contributed by atoms with Crippen LogP contribution in [0.5, 0.6) is 0 Å². The first kappa shape index (κ1) is 16.7. The first-order valence-electron chi connectivity index (χ1n) is 8.16. The lowest BCUT2D eigenvalue weighted by Gasteiger charge is -2.33. The van der Waals surface area contributed by atoms with Crippen LogP contribution in [0.2, 0.25) is 5.02 Å². The molecule has 2 N–H and O–H groups in total. The summed E-state index contributed by atoms with van der Waals surface area (Å²) in [5, 5.41) is 1.39. The summed E-state index contributed by atoms with van der Waals surface area (Å²) in [6.07, 6.45) is 4.73. The monoisotopic (exact) mass is 345 g/mol. The number of piperidine rings is 1. The van der Waals surface area contributed by atoms with E-state index in [1.807, 2.05) is 23.1 Å². The molecule has 1 fully saturated rings. The number of hydrogen-bond donors (Lipinski definition) is 1. The second kappa shape index (κ2) is 7.18. The van der Waals surface area contributed by atoms with Crippen LogP contribution in [0.15, 0.2) is 30.5 Å². The molecule has 3 rings (SSSR count). The van der Waals surface area contributed by atoms with Crippen LogP contribution in [0.25, 0.3) is 10.9 Å². The number of nitrogens with two attached hydrogens (primary N) is 1. The van der Waals surface area contributed by atoms with Gasteiger partial charge < -0.3 is 10.6 Å². The van der Waals surface area contributed by atoms with E-state index < -0.39 is 0 Å². The second-order valence-corrected chi connectivity index (χ2v) is 6.73. The molecule has 0 radical (unpaired) electrons. The van der Waals surface area contributed by atoms with Crippen LogP contribution in [0.4, 0.5) is 0 Å². The van der Waals surface area contributed by atoms with Gasteiger partial charge in [0.2, 0.25) is 5.91 Å². The molecule has 1 aliphatic rings. The smallest absolute Gasteiger partial charge is 0.256 e. The average Bonchev–Trinajstić information content (AvgIpc) is 2.58. The lowest BCUT2D eigenvalue weighted by Crippen LogP contribution is -2.40. The third-order valence-electron chi connectivity index (χ3n) is 4.51. The predicted octanol–water partition coefficient (Wildman–Crippen LogP) is 3.01. The Labute approximate surface area is 145 Å². The molecule has 2 amide bonds. The van der Waals surface area contributed by atoms with E-state index in [9.17, 15) is 9.59 Å². The van der Waals surface area contributed by atoms with Crippen LogP contribution in [-0.2, 0) is 4.79 Å².